The molecule has 0 radical (unpaired) electrons. The molecule has 2 aromatic rings. The number of imidazole rings is 1. The highest BCUT2D eigenvalue weighted by atomic mass is 35.5. The van der Waals surface area contributed by atoms with Crippen molar-refractivity contribution in [1.29, 1.82) is 0 Å². The van der Waals surface area contributed by atoms with E-state index in [9.17, 15) is 0 Å². The summed E-state index contributed by atoms with van der Waals surface area (Å²) in [6.45, 7) is 0.889. The van der Waals surface area contributed by atoms with Crippen LogP contribution in [0.2, 0.25) is 5.02 Å². The Morgan fingerprint density at radius 3 is 3.00 bits per heavy atom. The molecule has 2 N–H and O–H groups in total. The Labute approximate surface area is 111 Å². The van der Waals surface area contributed by atoms with Crippen LogP contribution in [0.25, 0.3) is 11.3 Å². The lowest BCUT2D eigenvalue weighted by Crippen LogP contribution is -2.11. The number of halogens is 1. The Morgan fingerprint density at radius 1 is 1.44 bits per heavy atom. The Balaban J connectivity index is 2.30. The van der Waals surface area contributed by atoms with E-state index < -0.39 is 0 Å². The van der Waals surface area contributed by atoms with Gasteiger partial charge < -0.3 is 15.0 Å². The second-order valence-electron chi connectivity index (χ2n) is 3.94. The van der Waals surface area contributed by atoms with Crippen molar-refractivity contribution >= 4 is 11.6 Å². The van der Waals surface area contributed by atoms with Gasteiger partial charge in [-0.1, -0.05) is 11.6 Å². The number of methoxy groups -OCH3 is 1. The largest absolute Gasteiger partial charge is 0.496 e. The summed E-state index contributed by atoms with van der Waals surface area (Å²) in [5.74, 6) is 1.73. The van der Waals surface area contributed by atoms with Crippen LogP contribution in [0, 0.1) is 0 Å². The van der Waals surface area contributed by atoms with Gasteiger partial charge in [0.05, 0.1) is 19.0 Å². The molecule has 4 nitrogen and oxygen atoms in total. The van der Waals surface area contributed by atoms with Crippen molar-refractivity contribution in [2.45, 2.75) is 6.42 Å². The van der Waals surface area contributed by atoms with Gasteiger partial charge >= 0.3 is 0 Å². The first-order chi connectivity index (χ1) is 8.74. The minimum atomic E-state index is 0.678. The molecule has 1 aromatic carbocycles. The fraction of sp³-hybridized carbons (Fsp3) is 0.308. The SMILES string of the molecule is CNCCc1ncc(-c2cc(Cl)ccc2OC)[nH]1. The van der Waals surface area contributed by atoms with Gasteiger partial charge in [0, 0.05) is 23.6 Å². The van der Waals surface area contributed by atoms with Gasteiger partial charge in [-0.15, -0.1) is 0 Å². The maximum atomic E-state index is 6.01. The highest BCUT2D eigenvalue weighted by Crippen LogP contribution is 2.31. The maximum Gasteiger partial charge on any atom is 0.128 e. The molecular formula is C13H16ClN3O. The van der Waals surface area contributed by atoms with Crippen LogP contribution in [0.5, 0.6) is 5.75 Å². The summed E-state index contributed by atoms with van der Waals surface area (Å²) in [6.07, 6.45) is 2.67. The summed E-state index contributed by atoms with van der Waals surface area (Å²) in [6, 6.07) is 5.53. The fourth-order valence-corrected chi connectivity index (χ4v) is 1.93. The normalized spacial score (nSPS) is 10.6. The molecule has 0 aliphatic heterocycles. The van der Waals surface area contributed by atoms with E-state index >= 15 is 0 Å². The lowest BCUT2D eigenvalue weighted by molar-refractivity contribution is 0.416. The van der Waals surface area contributed by atoms with E-state index in [0.29, 0.717) is 5.02 Å². The standard InChI is InChI=1S/C13H16ClN3O/c1-15-6-5-13-16-8-11(17-13)10-7-9(14)3-4-12(10)18-2/h3-4,7-8,15H,5-6H2,1-2H3,(H,16,17). The van der Waals surface area contributed by atoms with Crippen molar-refractivity contribution in [2.75, 3.05) is 20.7 Å². The zero-order valence-corrected chi connectivity index (χ0v) is 11.2. The van der Waals surface area contributed by atoms with Gasteiger partial charge in [-0.2, -0.15) is 0 Å². The molecule has 1 heterocycles. The Kier molecular flexibility index (Phi) is 4.23. The molecule has 0 bridgehead atoms. The lowest BCUT2D eigenvalue weighted by atomic mass is 10.1. The number of nitrogens with one attached hydrogen (secondary N) is 2. The van der Waals surface area contributed by atoms with Crippen LogP contribution in [0.4, 0.5) is 0 Å². The molecule has 18 heavy (non-hydrogen) atoms. The van der Waals surface area contributed by atoms with Crippen molar-refractivity contribution in [2.24, 2.45) is 0 Å². The molecule has 0 amide bonds. The predicted octanol–water partition coefficient (Wildman–Crippen LogP) is 2.50. The fourth-order valence-electron chi connectivity index (χ4n) is 1.76. The van der Waals surface area contributed by atoms with E-state index in [2.05, 4.69) is 15.3 Å². The third-order valence-electron chi connectivity index (χ3n) is 2.69. The van der Waals surface area contributed by atoms with Gasteiger partial charge in [0.1, 0.15) is 11.6 Å². The zero-order chi connectivity index (χ0) is 13.0. The second kappa shape index (κ2) is 5.89. The molecule has 2 rings (SSSR count). The highest BCUT2D eigenvalue weighted by molar-refractivity contribution is 6.30. The highest BCUT2D eigenvalue weighted by Gasteiger charge is 2.09. The number of benzene rings is 1. The summed E-state index contributed by atoms with van der Waals surface area (Å²) >= 11 is 6.01. The lowest BCUT2D eigenvalue weighted by Gasteiger charge is -2.06. The van der Waals surface area contributed by atoms with E-state index in [1.165, 1.54) is 0 Å². The van der Waals surface area contributed by atoms with E-state index in [0.717, 1.165) is 35.8 Å². The maximum absolute atomic E-state index is 6.01. The molecule has 0 saturated heterocycles. The molecule has 0 aliphatic carbocycles. The molecule has 0 saturated carbocycles. The number of hydrogen-bond acceptors (Lipinski definition) is 3. The summed E-state index contributed by atoms with van der Waals surface area (Å²) in [7, 11) is 3.56. The number of aromatic nitrogens is 2. The smallest absolute Gasteiger partial charge is 0.128 e. The Bertz CT molecular complexity index is 525. The molecule has 5 heteroatoms. The van der Waals surface area contributed by atoms with Crippen LogP contribution < -0.4 is 10.1 Å². The van der Waals surface area contributed by atoms with Crippen LogP contribution in [-0.2, 0) is 6.42 Å². The van der Waals surface area contributed by atoms with Crippen molar-refractivity contribution < 1.29 is 4.74 Å². The number of likely N-dealkylation sites (N-methyl/N-ethyl adjacent to an activating group) is 1. The molecular weight excluding hydrogens is 250 g/mol. The van der Waals surface area contributed by atoms with Gasteiger partial charge in [0.15, 0.2) is 0 Å². The van der Waals surface area contributed by atoms with Gasteiger partial charge in [-0.05, 0) is 25.2 Å². The van der Waals surface area contributed by atoms with Gasteiger partial charge in [-0.25, -0.2) is 4.98 Å². The monoisotopic (exact) mass is 265 g/mol. The molecule has 0 atom stereocenters. The van der Waals surface area contributed by atoms with Crippen molar-refractivity contribution in [3.05, 3.63) is 35.2 Å². The third-order valence-corrected chi connectivity index (χ3v) is 2.93. The van der Waals surface area contributed by atoms with Crippen molar-refractivity contribution in [1.82, 2.24) is 15.3 Å². The number of aromatic amines is 1. The first-order valence-corrected chi connectivity index (χ1v) is 6.14. The van der Waals surface area contributed by atoms with E-state index in [1.807, 2.05) is 25.2 Å². The topological polar surface area (TPSA) is 49.9 Å². The molecule has 1 aromatic heterocycles. The van der Waals surface area contributed by atoms with Crippen LogP contribution in [-0.4, -0.2) is 30.7 Å². The third kappa shape index (κ3) is 2.83. The summed E-state index contributed by atoms with van der Waals surface area (Å²) in [4.78, 5) is 7.62. The number of rotatable bonds is 5. The minimum Gasteiger partial charge on any atom is -0.496 e. The Morgan fingerprint density at radius 2 is 2.28 bits per heavy atom. The van der Waals surface area contributed by atoms with Crippen molar-refractivity contribution in [3.8, 4) is 17.0 Å². The zero-order valence-electron chi connectivity index (χ0n) is 10.5. The first kappa shape index (κ1) is 12.9. The summed E-state index contributed by atoms with van der Waals surface area (Å²) in [5, 5.41) is 3.77. The van der Waals surface area contributed by atoms with Gasteiger partial charge in [0.25, 0.3) is 0 Å². The quantitative estimate of drug-likeness (QED) is 0.873. The van der Waals surface area contributed by atoms with Crippen LogP contribution >= 0.6 is 11.6 Å². The van der Waals surface area contributed by atoms with Crippen LogP contribution in [0.15, 0.2) is 24.4 Å². The van der Waals surface area contributed by atoms with E-state index in [-0.39, 0.29) is 0 Å². The summed E-state index contributed by atoms with van der Waals surface area (Å²) in [5.41, 5.74) is 1.84. The first-order valence-electron chi connectivity index (χ1n) is 5.77. The molecule has 0 spiro atoms. The average Bonchev–Trinajstić information content (AvgIpc) is 2.85. The number of nitrogens with zero attached hydrogens (tertiary/aromatic N) is 1. The van der Waals surface area contributed by atoms with E-state index in [4.69, 9.17) is 16.3 Å². The van der Waals surface area contributed by atoms with Crippen molar-refractivity contribution in [3.63, 3.8) is 0 Å². The van der Waals surface area contributed by atoms with E-state index in [1.54, 1.807) is 13.3 Å². The Hall–Kier alpha value is -1.52. The van der Waals surface area contributed by atoms with Crippen LogP contribution in [0.3, 0.4) is 0 Å². The van der Waals surface area contributed by atoms with Gasteiger partial charge in [0.2, 0.25) is 0 Å². The number of ether oxygens (including phenoxy) is 1. The molecule has 0 fully saturated rings. The van der Waals surface area contributed by atoms with Crippen LogP contribution in [0.1, 0.15) is 5.82 Å². The summed E-state index contributed by atoms with van der Waals surface area (Å²) < 4.78 is 5.33. The van der Waals surface area contributed by atoms with Gasteiger partial charge in [-0.3, -0.25) is 0 Å². The minimum absolute atomic E-state index is 0.678. The molecule has 96 valence electrons. The molecule has 0 aliphatic rings. The second-order valence-corrected chi connectivity index (χ2v) is 4.38. The number of H-pyrrole nitrogens is 1. The number of hydrogen-bond donors (Lipinski definition) is 2. The predicted molar refractivity (Wildman–Crippen MR) is 73.2 cm³/mol. The molecule has 0 unspecified atom stereocenters. The average molecular weight is 266 g/mol.